The molecule has 0 spiro atoms. The minimum Gasteiger partial charge on any atom is -0.398 e. The highest BCUT2D eigenvalue weighted by atomic mass is 79.9. The average Bonchev–Trinajstić information content (AvgIpc) is 2.99. The van der Waals surface area contributed by atoms with Gasteiger partial charge in [-0.2, -0.15) is 0 Å². The van der Waals surface area contributed by atoms with Gasteiger partial charge >= 0.3 is 0 Å². The molecule has 6 heteroatoms. The average molecular weight is 804 g/mol. The van der Waals surface area contributed by atoms with E-state index in [9.17, 15) is 0 Å². The van der Waals surface area contributed by atoms with Crippen molar-refractivity contribution >= 4 is 75.1 Å². The number of nitrogens with two attached hydrogens (primary N) is 2. The zero-order valence-corrected chi connectivity index (χ0v) is 28.6. The fourth-order valence-electron chi connectivity index (χ4n) is 5.37. The summed E-state index contributed by atoms with van der Waals surface area (Å²) in [5, 5.41) is 0. The summed E-state index contributed by atoms with van der Waals surface area (Å²) in [5.74, 6) is 0. The van der Waals surface area contributed by atoms with Crippen LogP contribution in [0.3, 0.4) is 0 Å². The molecule has 6 rings (SSSR count). The van der Waals surface area contributed by atoms with Crippen molar-refractivity contribution in [2.75, 3.05) is 11.5 Å². The van der Waals surface area contributed by atoms with Crippen molar-refractivity contribution in [1.82, 2.24) is 0 Å². The van der Waals surface area contributed by atoms with Crippen molar-refractivity contribution < 1.29 is 0 Å². The maximum absolute atomic E-state index is 6.78. The van der Waals surface area contributed by atoms with Gasteiger partial charge in [0.15, 0.2) is 0 Å². The number of anilines is 2. The Balaban J connectivity index is 1.74. The van der Waals surface area contributed by atoms with Crippen LogP contribution in [0.25, 0.3) is 55.6 Å². The molecule has 0 saturated heterocycles. The molecular formula is C36H24Br4N2. The van der Waals surface area contributed by atoms with E-state index in [0.717, 1.165) is 73.5 Å². The summed E-state index contributed by atoms with van der Waals surface area (Å²) >= 11 is 14.4. The molecule has 0 bridgehead atoms. The third-order valence-electron chi connectivity index (χ3n) is 7.30. The highest BCUT2D eigenvalue weighted by molar-refractivity contribution is 9.11. The first kappa shape index (κ1) is 28.9. The van der Waals surface area contributed by atoms with Gasteiger partial charge in [0.25, 0.3) is 0 Å². The summed E-state index contributed by atoms with van der Waals surface area (Å²) in [5.41, 5.74) is 25.5. The molecule has 2 nitrogen and oxygen atoms in total. The molecule has 206 valence electrons. The van der Waals surface area contributed by atoms with E-state index in [1.165, 1.54) is 0 Å². The Labute approximate surface area is 279 Å². The second-order valence-electron chi connectivity index (χ2n) is 9.93. The van der Waals surface area contributed by atoms with Crippen LogP contribution in [0.5, 0.6) is 0 Å². The molecule has 0 aliphatic heterocycles. The highest BCUT2D eigenvalue weighted by Crippen LogP contribution is 2.49. The number of rotatable bonds is 5. The second kappa shape index (κ2) is 12.2. The largest absolute Gasteiger partial charge is 0.398 e. The molecule has 0 aliphatic rings. The Morgan fingerprint density at radius 3 is 0.786 bits per heavy atom. The summed E-state index contributed by atoms with van der Waals surface area (Å²) < 4.78 is 4.06. The van der Waals surface area contributed by atoms with E-state index in [0.29, 0.717) is 11.4 Å². The normalized spacial score (nSPS) is 11.0. The Morgan fingerprint density at radius 1 is 0.286 bits per heavy atom. The number of halogens is 4. The standard InChI is InChI=1S/C36H24Br4N2/c37-25-9-1-21(2-10-25)33-29(17-19-31(41)35(33)23-5-13-27(39)14-6-23)30-18-20-32(42)36(24-7-15-28(40)16-8-24)34(30)22-3-11-26(38)12-4-22/h1-20H,41-42H2. The zero-order chi connectivity index (χ0) is 29.4. The van der Waals surface area contributed by atoms with Crippen LogP contribution in [-0.4, -0.2) is 0 Å². The Bertz CT molecular complexity index is 1750. The lowest BCUT2D eigenvalue weighted by Crippen LogP contribution is -2.00. The summed E-state index contributed by atoms with van der Waals surface area (Å²) in [4.78, 5) is 0. The zero-order valence-electron chi connectivity index (χ0n) is 22.2. The van der Waals surface area contributed by atoms with Gasteiger partial charge in [0, 0.05) is 40.4 Å². The first-order chi connectivity index (χ1) is 20.3. The topological polar surface area (TPSA) is 52.0 Å². The quantitative estimate of drug-likeness (QED) is 0.171. The summed E-state index contributed by atoms with van der Waals surface area (Å²) in [7, 11) is 0. The second-order valence-corrected chi connectivity index (χ2v) is 13.6. The van der Waals surface area contributed by atoms with Gasteiger partial charge in [0.2, 0.25) is 0 Å². The van der Waals surface area contributed by atoms with E-state index in [-0.39, 0.29) is 0 Å². The molecule has 0 aliphatic carbocycles. The fourth-order valence-corrected chi connectivity index (χ4v) is 6.43. The lowest BCUT2D eigenvalue weighted by Gasteiger charge is -2.23. The van der Waals surface area contributed by atoms with Gasteiger partial charge in [-0.15, -0.1) is 0 Å². The minimum atomic E-state index is 0.716. The highest BCUT2D eigenvalue weighted by Gasteiger charge is 2.23. The SMILES string of the molecule is Nc1ccc(-c2ccc(N)c(-c3ccc(Br)cc3)c2-c2ccc(Br)cc2)c(-c2ccc(Br)cc2)c1-c1ccc(Br)cc1. The lowest BCUT2D eigenvalue weighted by molar-refractivity contribution is 1.52. The van der Waals surface area contributed by atoms with Crippen LogP contribution in [0.15, 0.2) is 139 Å². The molecule has 6 aromatic carbocycles. The van der Waals surface area contributed by atoms with Gasteiger partial charge in [0.1, 0.15) is 0 Å². The Hall–Kier alpha value is -3.16. The first-order valence-electron chi connectivity index (χ1n) is 13.2. The van der Waals surface area contributed by atoms with Crippen molar-refractivity contribution in [3.05, 3.63) is 139 Å². The summed E-state index contributed by atoms with van der Waals surface area (Å²) in [6.45, 7) is 0. The molecule has 0 radical (unpaired) electrons. The summed E-state index contributed by atoms with van der Waals surface area (Å²) in [6.07, 6.45) is 0. The van der Waals surface area contributed by atoms with E-state index in [2.05, 4.69) is 173 Å². The van der Waals surface area contributed by atoms with Crippen molar-refractivity contribution in [3.63, 3.8) is 0 Å². The predicted molar refractivity (Wildman–Crippen MR) is 193 cm³/mol. The monoisotopic (exact) mass is 800 g/mol. The number of benzene rings is 6. The van der Waals surface area contributed by atoms with Crippen LogP contribution < -0.4 is 11.5 Å². The third-order valence-corrected chi connectivity index (χ3v) is 9.41. The van der Waals surface area contributed by atoms with Crippen LogP contribution in [0.2, 0.25) is 0 Å². The van der Waals surface area contributed by atoms with E-state index in [4.69, 9.17) is 11.5 Å². The molecule has 0 aromatic heterocycles. The molecule has 42 heavy (non-hydrogen) atoms. The van der Waals surface area contributed by atoms with Crippen LogP contribution >= 0.6 is 63.7 Å². The van der Waals surface area contributed by atoms with E-state index in [1.807, 2.05) is 12.1 Å². The van der Waals surface area contributed by atoms with Crippen LogP contribution in [0, 0.1) is 0 Å². The van der Waals surface area contributed by atoms with Crippen molar-refractivity contribution in [2.45, 2.75) is 0 Å². The fraction of sp³-hybridized carbons (Fsp3) is 0. The van der Waals surface area contributed by atoms with Crippen molar-refractivity contribution in [1.29, 1.82) is 0 Å². The Kier molecular flexibility index (Phi) is 8.42. The molecule has 0 amide bonds. The first-order valence-corrected chi connectivity index (χ1v) is 16.4. The Morgan fingerprint density at radius 2 is 0.524 bits per heavy atom. The van der Waals surface area contributed by atoms with Crippen molar-refractivity contribution in [3.8, 4) is 55.6 Å². The molecule has 0 saturated carbocycles. The summed E-state index contributed by atoms with van der Waals surface area (Å²) in [6, 6.07) is 41.7. The van der Waals surface area contributed by atoms with E-state index in [1.54, 1.807) is 0 Å². The maximum Gasteiger partial charge on any atom is 0.0400 e. The molecule has 4 N–H and O–H groups in total. The third kappa shape index (κ3) is 5.73. The van der Waals surface area contributed by atoms with Gasteiger partial charge in [-0.3, -0.25) is 0 Å². The van der Waals surface area contributed by atoms with Crippen LogP contribution in [-0.2, 0) is 0 Å². The molecule has 0 unspecified atom stereocenters. The van der Waals surface area contributed by atoms with Gasteiger partial charge in [-0.05, 0) is 105 Å². The number of hydrogen-bond donors (Lipinski definition) is 2. The maximum atomic E-state index is 6.78. The smallest absolute Gasteiger partial charge is 0.0400 e. The lowest BCUT2D eigenvalue weighted by atomic mass is 9.81. The molecule has 0 atom stereocenters. The van der Waals surface area contributed by atoms with E-state index >= 15 is 0 Å². The predicted octanol–water partition coefficient (Wildman–Crippen LogP) is 12.2. The van der Waals surface area contributed by atoms with Gasteiger partial charge < -0.3 is 11.5 Å². The minimum absolute atomic E-state index is 0.716. The van der Waals surface area contributed by atoms with Gasteiger partial charge in [0.05, 0.1) is 0 Å². The van der Waals surface area contributed by atoms with E-state index < -0.39 is 0 Å². The molecule has 0 heterocycles. The molecule has 6 aromatic rings. The van der Waals surface area contributed by atoms with Crippen LogP contribution in [0.4, 0.5) is 11.4 Å². The molecular weight excluding hydrogens is 780 g/mol. The van der Waals surface area contributed by atoms with Crippen molar-refractivity contribution in [2.24, 2.45) is 0 Å². The number of nitrogen functional groups attached to an aromatic ring is 2. The van der Waals surface area contributed by atoms with Gasteiger partial charge in [-0.25, -0.2) is 0 Å². The number of hydrogen-bond acceptors (Lipinski definition) is 2. The van der Waals surface area contributed by atoms with Gasteiger partial charge in [-0.1, -0.05) is 124 Å². The molecule has 0 fully saturated rings. The van der Waals surface area contributed by atoms with Crippen LogP contribution in [0.1, 0.15) is 0 Å².